The van der Waals surface area contributed by atoms with E-state index in [9.17, 15) is 27.6 Å². The Morgan fingerprint density at radius 3 is 1.37 bits per heavy atom. The molecule has 0 saturated carbocycles. The molecule has 49 heavy (non-hydrogen) atoms. The highest BCUT2D eigenvalue weighted by Gasteiger charge is 2.33. The van der Waals surface area contributed by atoms with Crippen LogP contribution in [0.15, 0.2) is 71.3 Å². The minimum atomic E-state index is -4.52. The van der Waals surface area contributed by atoms with Gasteiger partial charge in [-0.25, -0.2) is 18.0 Å². The van der Waals surface area contributed by atoms with Gasteiger partial charge in [0.15, 0.2) is 11.5 Å². The number of ether oxygens (including phenoxy) is 4. The largest absolute Gasteiger partial charge is 0.456 e. The molecule has 0 amide bonds. The van der Waals surface area contributed by atoms with Crippen LogP contribution in [0.5, 0.6) is 11.5 Å². The van der Waals surface area contributed by atoms with Crippen molar-refractivity contribution in [3.8, 4) is 11.5 Å². The van der Waals surface area contributed by atoms with E-state index >= 15 is 0 Å². The van der Waals surface area contributed by atoms with Gasteiger partial charge in [0.2, 0.25) is 10.0 Å². The maximum absolute atomic E-state index is 13.8. The summed E-state index contributed by atoms with van der Waals surface area (Å²) in [5.41, 5.74) is -1.22. The third kappa shape index (κ3) is 11.7. The molecule has 0 unspecified atom stereocenters. The molecular formula is C33H33Br4NO10S. The molecule has 0 atom stereocenters. The Kier molecular flexibility index (Phi) is 13.4. The van der Waals surface area contributed by atoms with Gasteiger partial charge in [-0.1, -0.05) is 49.6 Å². The Morgan fingerprint density at radius 2 is 1.02 bits per heavy atom. The van der Waals surface area contributed by atoms with Crippen molar-refractivity contribution in [2.24, 2.45) is 0 Å². The highest BCUT2D eigenvalue weighted by molar-refractivity contribution is 9.11. The van der Waals surface area contributed by atoms with Crippen molar-refractivity contribution in [1.82, 2.24) is 4.31 Å². The highest BCUT2D eigenvalue weighted by Crippen LogP contribution is 2.36. The Balaban J connectivity index is 2.00. The zero-order valence-electron chi connectivity index (χ0n) is 27.5. The van der Waals surface area contributed by atoms with Crippen LogP contribution in [0, 0.1) is 6.92 Å². The second-order valence-electron chi connectivity index (χ2n) is 12.6. The number of nitrogens with zero attached hydrogens (tertiary/aromatic N) is 1. The predicted octanol–water partition coefficient (Wildman–Crippen LogP) is 8.16. The highest BCUT2D eigenvalue weighted by atomic mass is 79.9. The van der Waals surface area contributed by atoms with Crippen LogP contribution >= 0.6 is 63.7 Å². The number of benzene rings is 3. The Hall–Kier alpha value is -2.63. The summed E-state index contributed by atoms with van der Waals surface area (Å²) in [6.07, 6.45) is 0. The molecule has 264 valence electrons. The normalized spacial score (nSPS) is 12.0. The molecule has 0 aliphatic rings. The van der Waals surface area contributed by atoms with Gasteiger partial charge in [0.05, 0.1) is 13.8 Å². The minimum absolute atomic E-state index is 0.119. The standard InChI is InChI=1S/C33H33Br4NO10S/c1-18-8-10-21(11-9-18)49(43,44)38(16-26(39)45-28-22(12-19(34)14-24(28)36)30(41)47-32(2,3)4)17-27(40)46-29-23(13-20(35)15-25(29)37)31(42)48-33(5,6)7/h8-15H,16-17H2,1-7H3. The number of carbonyl (C=O) groups is 4. The number of hydrogen-bond acceptors (Lipinski definition) is 10. The van der Waals surface area contributed by atoms with Crippen LogP contribution in [0.3, 0.4) is 0 Å². The molecule has 0 fully saturated rings. The number of carbonyl (C=O) groups excluding carboxylic acids is 4. The lowest BCUT2D eigenvalue weighted by Crippen LogP contribution is -2.42. The van der Waals surface area contributed by atoms with E-state index in [1.165, 1.54) is 36.4 Å². The molecule has 0 heterocycles. The van der Waals surface area contributed by atoms with Crippen molar-refractivity contribution >= 4 is 97.6 Å². The molecule has 0 bridgehead atoms. The first-order valence-electron chi connectivity index (χ1n) is 14.4. The van der Waals surface area contributed by atoms with Gasteiger partial charge in [-0.2, -0.15) is 4.31 Å². The van der Waals surface area contributed by atoms with Gasteiger partial charge >= 0.3 is 23.9 Å². The van der Waals surface area contributed by atoms with E-state index in [-0.39, 0.29) is 36.5 Å². The number of halogens is 4. The number of rotatable bonds is 10. The van der Waals surface area contributed by atoms with Crippen LogP contribution in [-0.4, -0.2) is 60.9 Å². The topological polar surface area (TPSA) is 143 Å². The van der Waals surface area contributed by atoms with Gasteiger partial charge in [0.25, 0.3) is 0 Å². The van der Waals surface area contributed by atoms with Crippen LogP contribution in [0.1, 0.15) is 67.8 Å². The second-order valence-corrected chi connectivity index (χ2v) is 18.0. The van der Waals surface area contributed by atoms with Crippen molar-refractivity contribution in [3.05, 3.63) is 83.1 Å². The van der Waals surface area contributed by atoms with Crippen LogP contribution in [0.25, 0.3) is 0 Å². The van der Waals surface area contributed by atoms with E-state index in [4.69, 9.17) is 18.9 Å². The summed E-state index contributed by atoms with van der Waals surface area (Å²) < 4.78 is 51.6. The molecule has 3 rings (SSSR count). The van der Waals surface area contributed by atoms with Crippen molar-refractivity contribution in [3.63, 3.8) is 0 Å². The average Bonchev–Trinajstić information content (AvgIpc) is 2.93. The van der Waals surface area contributed by atoms with Gasteiger partial charge in [-0.15, -0.1) is 0 Å². The fraction of sp³-hybridized carbons (Fsp3) is 0.333. The van der Waals surface area contributed by atoms with E-state index in [1.54, 1.807) is 60.6 Å². The molecular weight excluding hydrogens is 922 g/mol. The Morgan fingerprint density at radius 1 is 0.653 bits per heavy atom. The van der Waals surface area contributed by atoms with Gasteiger partial charge in [-0.05, 0) is 117 Å². The van der Waals surface area contributed by atoms with E-state index in [2.05, 4.69) is 63.7 Å². The first-order chi connectivity index (χ1) is 22.5. The summed E-state index contributed by atoms with van der Waals surface area (Å²) in [5.74, 6) is -4.31. The molecule has 3 aromatic rings. The van der Waals surface area contributed by atoms with Gasteiger partial charge in [0.1, 0.15) is 35.4 Å². The van der Waals surface area contributed by atoms with Crippen molar-refractivity contribution in [1.29, 1.82) is 0 Å². The first kappa shape index (κ1) is 40.8. The quantitative estimate of drug-likeness (QED) is 0.144. The fourth-order valence-corrected chi connectivity index (χ4v) is 7.90. The van der Waals surface area contributed by atoms with E-state index in [0.717, 1.165) is 5.56 Å². The molecule has 11 nitrogen and oxygen atoms in total. The van der Waals surface area contributed by atoms with Crippen molar-refractivity contribution < 1.29 is 46.5 Å². The maximum atomic E-state index is 13.8. The van der Waals surface area contributed by atoms with E-state index < -0.39 is 58.2 Å². The van der Waals surface area contributed by atoms with Crippen LogP contribution in [-0.2, 0) is 29.1 Å². The summed E-state index contributed by atoms with van der Waals surface area (Å²) in [6, 6.07) is 11.6. The number of esters is 4. The summed E-state index contributed by atoms with van der Waals surface area (Å²) >= 11 is 13.2. The molecule has 0 saturated heterocycles. The molecule has 0 N–H and O–H groups in total. The maximum Gasteiger partial charge on any atom is 0.342 e. The number of hydrogen-bond donors (Lipinski definition) is 0. The zero-order valence-corrected chi connectivity index (χ0v) is 34.6. The van der Waals surface area contributed by atoms with E-state index in [0.29, 0.717) is 13.3 Å². The van der Waals surface area contributed by atoms with Crippen LogP contribution in [0.2, 0.25) is 0 Å². The molecule has 0 aromatic heterocycles. The number of sulfonamides is 1. The summed E-state index contributed by atoms with van der Waals surface area (Å²) in [5, 5.41) is 0. The molecule has 0 aliphatic heterocycles. The molecule has 3 aromatic carbocycles. The zero-order chi connectivity index (χ0) is 37.1. The Bertz CT molecular complexity index is 1780. The smallest absolute Gasteiger partial charge is 0.342 e. The second kappa shape index (κ2) is 16.1. The fourth-order valence-electron chi connectivity index (χ4n) is 3.96. The van der Waals surface area contributed by atoms with Crippen molar-refractivity contribution in [2.75, 3.05) is 13.1 Å². The monoisotopic (exact) mass is 951 g/mol. The average molecular weight is 955 g/mol. The SMILES string of the molecule is Cc1ccc(S(=O)(=O)N(CC(=O)Oc2c(Br)cc(Br)cc2C(=O)OC(C)(C)C)CC(=O)Oc2c(Br)cc(Br)cc2C(=O)OC(C)(C)C)cc1. The molecule has 16 heteroatoms. The lowest BCUT2D eigenvalue weighted by Gasteiger charge is -2.23. The van der Waals surface area contributed by atoms with Crippen LogP contribution in [0.4, 0.5) is 0 Å². The first-order valence-corrected chi connectivity index (χ1v) is 19.0. The lowest BCUT2D eigenvalue weighted by molar-refractivity contribution is -0.137. The van der Waals surface area contributed by atoms with E-state index in [1.807, 2.05) is 0 Å². The molecule has 0 aliphatic carbocycles. The number of aryl methyl sites for hydroxylation is 1. The third-order valence-electron chi connectivity index (χ3n) is 5.96. The lowest BCUT2D eigenvalue weighted by atomic mass is 10.1. The van der Waals surface area contributed by atoms with Gasteiger partial charge in [-0.3, -0.25) is 9.59 Å². The summed E-state index contributed by atoms with van der Waals surface area (Å²) in [4.78, 5) is 52.7. The van der Waals surface area contributed by atoms with Gasteiger partial charge in [0, 0.05) is 8.95 Å². The molecule has 0 spiro atoms. The van der Waals surface area contributed by atoms with Crippen LogP contribution < -0.4 is 9.47 Å². The third-order valence-corrected chi connectivity index (χ3v) is 9.86. The Labute approximate surface area is 318 Å². The summed E-state index contributed by atoms with van der Waals surface area (Å²) in [7, 11) is -4.52. The molecule has 0 radical (unpaired) electrons. The predicted molar refractivity (Wildman–Crippen MR) is 195 cm³/mol. The summed E-state index contributed by atoms with van der Waals surface area (Å²) in [6.45, 7) is 9.82. The van der Waals surface area contributed by atoms with Gasteiger partial charge < -0.3 is 18.9 Å². The minimum Gasteiger partial charge on any atom is -0.456 e. The van der Waals surface area contributed by atoms with Crippen molar-refractivity contribution in [2.45, 2.75) is 64.6 Å².